The Hall–Kier alpha value is -1.98. The minimum absolute atomic E-state index is 0.129. The Morgan fingerprint density at radius 3 is 2.62 bits per heavy atom. The van der Waals surface area contributed by atoms with Crippen molar-refractivity contribution in [3.63, 3.8) is 0 Å². The number of nitrogens with zero attached hydrogens (tertiary/aromatic N) is 1. The number of hydrogen-bond donors (Lipinski definition) is 0. The maximum absolute atomic E-state index is 14.1. The number of likely N-dealkylation sites (N-methyl/N-ethyl adjacent to an activating group) is 1. The van der Waals surface area contributed by atoms with E-state index in [9.17, 15) is 18.4 Å². The molecule has 0 fully saturated rings. The fourth-order valence-electron chi connectivity index (χ4n) is 2.75. The number of carbonyl (C=O) groups excluding carboxylic acids is 2. The second kappa shape index (κ2) is 5.09. The lowest BCUT2D eigenvalue weighted by Gasteiger charge is -2.27. The molecular formula is C15H17F2NO3. The van der Waals surface area contributed by atoms with Gasteiger partial charge in [-0.2, -0.15) is 8.78 Å². The predicted molar refractivity (Wildman–Crippen MR) is 73.4 cm³/mol. The summed E-state index contributed by atoms with van der Waals surface area (Å²) in [5.74, 6) is -5.75. The lowest BCUT2D eigenvalue weighted by atomic mass is 9.78. The van der Waals surface area contributed by atoms with E-state index < -0.39 is 29.6 Å². The monoisotopic (exact) mass is 297 g/mol. The van der Waals surface area contributed by atoms with E-state index in [4.69, 9.17) is 0 Å². The van der Waals surface area contributed by atoms with Crippen molar-refractivity contribution < 1.29 is 23.1 Å². The number of ether oxygens (including phenoxy) is 1. The quantitative estimate of drug-likeness (QED) is 0.802. The molecule has 4 nitrogen and oxygen atoms in total. The average molecular weight is 297 g/mol. The number of benzene rings is 1. The third kappa shape index (κ3) is 2.39. The Balaban J connectivity index is 2.39. The number of esters is 1. The molecule has 1 atom stereocenters. The van der Waals surface area contributed by atoms with Gasteiger partial charge in [-0.15, -0.1) is 0 Å². The van der Waals surface area contributed by atoms with Gasteiger partial charge < -0.3 is 9.64 Å². The summed E-state index contributed by atoms with van der Waals surface area (Å²) in [5.41, 5.74) is -0.354. The van der Waals surface area contributed by atoms with Crippen molar-refractivity contribution in [2.45, 2.75) is 31.6 Å². The largest absolute Gasteiger partial charge is 0.462 e. The van der Waals surface area contributed by atoms with Crippen molar-refractivity contribution in [3.05, 3.63) is 29.8 Å². The zero-order valence-electron chi connectivity index (χ0n) is 12.2. The molecule has 1 heterocycles. The van der Waals surface area contributed by atoms with Gasteiger partial charge in [0.15, 0.2) is 0 Å². The third-order valence-corrected chi connectivity index (χ3v) is 3.79. The van der Waals surface area contributed by atoms with Crippen LogP contribution in [0.5, 0.6) is 0 Å². The Bertz CT molecular complexity index is 588. The van der Waals surface area contributed by atoms with E-state index in [0.717, 1.165) is 0 Å². The lowest BCUT2D eigenvalue weighted by molar-refractivity contribution is -0.174. The number of fused-ring (bicyclic) bond motifs is 1. The lowest BCUT2D eigenvalue weighted by Crippen LogP contribution is -2.44. The maximum atomic E-state index is 14.1. The van der Waals surface area contributed by atoms with Gasteiger partial charge in [-0.25, -0.2) is 4.79 Å². The van der Waals surface area contributed by atoms with Gasteiger partial charge in [-0.3, -0.25) is 4.79 Å². The summed E-state index contributed by atoms with van der Waals surface area (Å²) in [6, 6.07) is 6.75. The van der Waals surface area contributed by atoms with E-state index in [1.54, 1.807) is 24.3 Å². The second-order valence-corrected chi connectivity index (χ2v) is 5.32. The normalized spacial score (nSPS) is 21.4. The number of amides is 1. The molecule has 21 heavy (non-hydrogen) atoms. The zero-order valence-corrected chi connectivity index (χ0v) is 12.2. The van der Waals surface area contributed by atoms with Crippen molar-refractivity contribution >= 4 is 17.6 Å². The fourth-order valence-corrected chi connectivity index (χ4v) is 2.75. The van der Waals surface area contributed by atoms with Crippen molar-refractivity contribution in [3.8, 4) is 0 Å². The molecule has 1 amide bonds. The van der Waals surface area contributed by atoms with E-state index in [-0.39, 0.29) is 6.61 Å². The molecule has 114 valence electrons. The van der Waals surface area contributed by atoms with Crippen LogP contribution < -0.4 is 4.90 Å². The summed E-state index contributed by atoms with van der Waals surface area (Å²) in [7, 11) is 1.54. The maximum Gasteiger partial charge on any atom is 0.377 e. The van der Waals surface area contributed by atoms with E-state index >= 15 is 0 Å². The Kier molecular flexibility index (Phi) is 3.74. The molecule has 1 aromatic rings. The molecule has 0 spiro atoms. The summed E-state index contributed by atoms with van der Waals surface area (Å²) in [4.78, 5) is 25.1. The average Bonchev–Trinajstić information content (AvgIpc) is 2.62. The minimum Gasteiger partial charge on any atom is -0.462 e. The molecule has 1 unspecified atom stereocenters. The van der Waals surface area contributed by atoms with Crippen molar-refractivity contribution in [2.75, 3.05) is 18.6 Å². The van der Waals surface area contributed by atoms with Crippen LogP contribution in [0.4, 0.5) is 14.5 Å². The van der Waals surface area contributed by atoms with Crippen LogP contribution in [-0.2, 0) is 19.7 Å². The number of alkyl halides is 2. The Labute approximate surface area is 121 Å². The van der Waals surface area contributed by atoms with Gasteiger partial charge in [0.05, 0.1) is 12.0 Å². The van der Waals surface area contributed by atoms with E-state index in [0.29, 0.717) is 11.3 Å². The van der Waals surface area contributed by atoms with E-state index in [1.807, 2.05) is 0 Å². The summed E-state index contributed by atoms with van der Waals surface area (Å²) >= 11 is 0. The van der Waals surface area contributed by atoms with E-state index in [1.165, 1.54) is 25.8 Å². The highest BCUT2D eigenvalue weighted by molar-refractivity contribution is 6.07. The van der Waals surface area contributed by atoms with Crippen LogP contribution in [0, 0.1) is 0 Å². The number of halogens is 2. The number of carbonyl (C=O) groups is 2. The molecule has 0 aliphatic carbocycles. The molecule has 0 radical (unpaired) electrons. The Morgan fingerprint density at radius 1 is 1.38 bits per heavy atom. The summed E-state index contributed by atoms with van der Waals surface area (Å²) in [5, 5.41) is 0. The molecule has 0 saturated carbocycles. The zero-order chi connectivity index (χ0) is 15.8. The fraction of sp³-hybridized carbons (Fsp3) is 0.467. The molecule has 6 heteroatoms. The molecule has 0 saturated heterocycles. The molecule has 0 N–H and O–H groups in total. The summed E-state index contributed by atoms with van der Waals surface area (Å²) in [6.07, 6.45) is -0.904. The van der Waals surface area contributed by atoms with E-state index in [2.05, 4.69) is 4.74 Å². The van der Waals surface area contributed by atoms with Crippen LogP contribution in [0.1, 0.15) is 25.8 Å². The van der Waals surface area contributed by atoms with Crippen LogP contribution in [0.15, 0.2) is 24.3 Å². The van der Waals surface area contributed by atoms with Crippen LogP contribution in [0.2, 0.25) is 0 Å². The first-order valence-corrected chi connectivity index (χ1v) is 6.67. The molecule has 2 rings (SSSR count). The molecule has 1 aromatic carbocycles. The molecular weight excluding hydrogens is 280 g/mol. The predicted octanol–water partition coefficient (Wildman–Crippen LogP) is 2.51. The van der Waals surface area contributed by atoms with Gasteiger partial charge in [-0.1, -0.05) is 18.2 Å². The van der Waals surface area contributed by atoms with Crippen LogP contribution in [-0.4, -0.2) is 31.5 Å². The molecule has 1 aliphatic heterocycles. The van der Waals surface area contributed by atoms with Gasteiger partial charge in [0.1, 0.15) is 0 Å². The number of anilines is 1. The van der Waals surface area contributed by atoms with Gasteiger partial charge in [0.2, 0.25) is 5.91 Å². The summed E-state index contributed by atoms with van der Waals surface area (Å²) in [6.45, 7) is 2.76. The minimum atomic E-state index is -3.71. The topological polar surface area (TPSA) is 46.6 Å². The van der Waals surface area contributed by atoms with Crippen molar-refractivity contribution in [1.82, 2.24) is 0 Å². The van der Waals surface area contributed by atoms with Crippen molar-refractivity contribution in [2.24, 2.45) is 0 Å². The van der Waals surface area contributed by atoms with Gasteiger partial charge >= 0.3 is 11.9 Å². The van der Waals surface area contributed by atoms with Gasteiger partial charge in [-0.05, 0) is 25.5 Å². The highest BCUT2D eigenvalue weighted by Gasteiger charge is 2.55. The smallest absolute Gasteiger partial charge is 0.377 e. The van der Waals surface area contributed by atoms with Crippen LogP contribution >= 0.6 is 0 Å². The first-order chi connectivity index (χ1) is 9.74. The number of hydrogen-bond acceptors (Lipinski definition) is 3. The summed E-state index contributed by atoms with van der Waals surface area (Å²) < 4.78 is 32.5. The molecule has 1 aliphatic rings. The first-order valence-electron chi connectivity index (χ1n) is 6.67. The number of rotatable bonds is 4. The second-order valence-electron chi connectivity index (χ2n) is 5.32. The molecule has 0 bridgehead atoms. The highest BCUT2D eigenvalue weighted by atomic mass is 19.3. The van der Waals surface area contributed by atoms with Crippen LogP contribution in [0.3, 0.4) is 0 Å². The van der Waals surface area contributed by atoms with Crippen LogP contribution in [0.25, 0.3) is 0 Å². The standard InChI is InChI=1S/C15H17F2NO3/c1-4-21-13(20)15(16,17)9-14(2)10-7-5-6-8-11(10)18(3)12(14)19/h5-8H,4,9H2,1-3H3. The SMILES string of the molecule is CCOC(=O)C(F)(F)CC1(C)C(=O)N(C)c2ccccc21. The number of para-hydroxylation sites is 1. The van der Waals surface area contributed by atoms with Crippen molar-refractivity contribution in [1.29, 1.82) is 0 Å². The van der Waals surface area contributed by atoms with Gasteiger partial charge in [0.25, 0.3) is 0 Å². The van der Waals surface area contributed by atoms with Gasteiger partial charge in [0, 0.05) is 19.2 Å². The molecule has 0 aromatic heterocycles. The first kappa shape index (κ1) is 15.4. The Morgan fingerprint density at radius 2 is 2.00 bits per heavy atom. The highest BCUT2D eigenvalue weighted by Crippen LogP contribution is 2.46. The third-order valence-electron chi connectivity index (χ3n) is 3.79.